The fourth-order valence-electron chi connectivity index (χ4n) is 3.96. The molecule has 7 heteroatoms. The van der Waals surface area contributed by atoms with Gasteiger partial charge >= 0.3 is 0 Å². The molecule has 2 aliphatic rings. The molecule has 0 bridgehead atoms. The number of para-hydroxylation sites is 3. The topological polar surface area (TPSA) is 62.2 Å². The van der Waals surface area contributed by atoms with Gasteiger partial charge in [0.1, 0.15) is 17.3 Å². The normalized spacial score (nSPS) is 16.5. The van der Waals surface area contributed by atoms with Gasteiger partial charge in [0.05, 0.1) is 11.3 Å². The van der Waals surface area contributed by atoms with Crippen LogP contribution in [0.2, 0.25) is 0 Å². The van der Waals surface area contributed by atoms with Crippen molar-refractivity contribution in [2.75, 3.05) is 26.2 Å². The summed E-state index contributed by atoms with van der Waals surface area (Å²) in [7, 11) is -3.36. The molecule has 3 aromatic rings. The van der Waals surface area contributed by atoms with Crippen molar-refractivity contribution in [2.24, 2.45) is 4.99 Å². The van der Waals surface area contributed by atoms with Gasteiger partial charge in [-0.15, -0.1) is 0 Å². The van der Waals surface area contributed by atoms with Crippen molar-refractivity contribution in [3.05, 3.63) is 90.0 Å². The second-order valence-corrected chi connectivity index (χ2v) is 9.60. The van der Waals surface area contributed by atoms with Gasteiger partial charge in [0, 0.05) is 26.2 Å². The maximum absolute atomic E-state index is 12.9. The van der Waals surface area contributed by atoms with E-state index in [9.17, 15) is 8.42 Å². The van der Waals surface area contributed by atoms with Gasteiger partial charge in [-0.1, -0.05) is 54.6 Å². The quantitative estimate of drug-likeness (QED) is 0.626. The fourth-order valence-corrected chi connectivity index (χ4v) is 5.48. The molecule has 2 aliphatic heterocycles. The monoisotopic (exact) mass is 433 g/mol. The van der Waals surface area contributed by atoms with Crippen LogP contribution in [0.3, 0.4) is 0 Å². The van der Waals surface area contributed by atoms with E-state index in [2.05, 4.69) is 4.90 Å². The maximum atomic E-state index is 12.9. The van der Waals surface area contributed by atoms with E-state index in [1.807, 2.05) is 78.9 Å². The molecule has 1 saturated heterocycles. The van der Waals surface area contributed by atoms with E-state index >= 15 is 0 Å². The summed E-state index contributed by atoms with van der Waals surface area (Å²) in [5.41, 5.74) is 2.49. The average Bonchev–Trinajstić information content (AvgIpc) is 2.96. The van der Waals surface area contributed by atoms with Crippen molar-refractivity contribution in [2.45, 2.75) is 5.75 Å². The molecule has 5 rings (SSSR count). The van der Waals surface area contributed by atoms with Gasteiger partial charge in [0.25, 0.3) is 0 Å². The van der Waals surface area contributed by atoms with Gasteiger partial charge < -0.3 is 9.64 Å². The molecule has 3 aromatic carbocycles. The number of ether oxygens (including phenoxy) is 1. The highest BCUT2D eigenvalue weighted by molar-refractivity contribution is 7.88. The number of aliphatic imine (C=N–C) groups is 1. The summed E-state index contributed by atoms with van der Waals surface area (Å²) in [6, 6.07) is 24.9. The van der Waals surface area contributed by atoms with E-state index in [1.54, 1.807) is 4.31 Å². The van der Waals surface area contributed by atoms with Crippen LogP contribution >= 0.6 is 0 Å². The highest BCUT2D eigenvalue weighted by Crippen LogP contribution is 2.38. The largest absolute Gasteiger partial charge is 0.454 e. The zero-order chi connectivity index (χ0) is 21.3. The summed E-state index contributed by atoms with van der Waals surface area (Å²) in [6.45, 7) is 2.00. The van der Waals surface area contributed by atoms with E-state index in [0.29, 0.717) is 31.9 Å². The third kappa shape index (κ3) is 4.06. The molecule has 0 aliphatic carbocycles. The van der Waals surface area contributed by atoms with Crippen LogP contribution in [-0.4, -0.2) is 49.6 Å². The lowest BCUT2D eigenvalue weighted by Crippen LogP contribution is -2.51. The van der Waals surface area contributed by atoms with E-state index < -0.39 is 10.0 Å². The van der Waals surface area contributed by atoms with Crippen LogP contribution in [0.4, 0.5) is 5.69 Å². The third-order valence-electron chi connectivity index (χ3n) is 5.56. The molecule has 0 N–H and O–H groups in total. The Bertz CT molecular complexity index is 1220. The molecule has 1 fully saturated rings. The number of fused-ring (bicyclic) bond motifs is 2. The van der Waals surface area contributed by atoms with Crippen LogP contribution < -0.4 is 4.74 Å². The highest BCUT2D eigenvalue weighted by Gasteiger charge is 2.30. The van der Waals surface area contributed by atoms with Crippen LogP contribution in [0.5, 0.6) is 11.5 Å². The van der Waals surface area contributed by atoms with Crippen LogP contribution in [0.1, 0.15) is 11.1 Å². The molecule has 0 atom stereocenters. The van der Waals surface area contributed by atoms with Gasteiger partial charge in [-0.25, -0.2) is 13.4 Å². The Labute approximate surface area is 182 Å². The lowest BCUT2D eigenvalue weighted by Gasteiger charge is -2.36. The number of sulfonamides is 1. The van der Waals surface area contributed by atoms with Crippen LogP contribution in [-0.2, 0) is 15.8 Å². The number of hydrogen-bond acceptors (Lipinski definition) is 5. The molecule has 158 valence electrons. The standard InChI is InChI=1S/C24H23N3O3S/c28-31(29,18-19-8-2-1-3-9-19)27-16-14-26(15-17-27)24-20-10-4-6-12-22(20)30-23-13-7-5-11-21(23)25-24/h1-13H,14-18H2. The summed E-state index contributed by atoms with van der Waals surface area (Å²) in [4.78, 5) is 7.06. The van der Waals surface area contributed by atoms with Crippen molar-refractivity contribution < 1.29 is 13.2 Å². The maximum Gasteiger partial charge on any atom is 0.218 e. The van der Waals surface area contributed by atoms with Crippen molar-refractivity contribution in [1.29, 1.82) is 0 Å². The molecule has 0 spiro atoms. The van der Waals surface area contributed by atoms with E-state index in [-0.39, 0.29) is 5.75 Å². The Hall–Kier alpha value is -3.16. The number of benzene rings is 3. The van der Waals surface area contributed by atoms with Crippen molar-refractivity contribution in [1.82, 2.24) is 9.21 Å². The Morgan fingerprint density at radius 3 is 2.19 bits per heavy atom. The molecule has 0 saturated carbocycles. The lowest BCUT2D eigenvalue weighted by atomic mass is 10.1. The van der Waals surface area contributed by atoms with Gasteiger partial charge in [0.15, 0.2) is 5.75 Å². The van der Waals surface area contributed by atoms with Gasteiger partial charge in [-0.05, 0) is 29.8 Å². The molecule has 31 heavy (non-hydrogen) atoms. The summed E-state index contributed by atoms with van der Waals surface area (Å²) >= 11 is 0. The zero-order valence-electron chi connectivity index (χ0n) is 17.0. The van der Waals surface area contributed by atoms with Crippen molar-refractivity contribution in [3.8, 4) is 11.5 Å². The molecule has 0 aromatic heterocycles. The Morgan fingerprint density at radius 2 is 1.42 bits per heavy atom. The Kier molecular flexibility index (Phi) is 5.21. The Morgan fingerprint density at radius 1 is 0.774 bits per heavy atom. The molecule has 0 radical (unpaired) electrons. The minimum atomic E-state index is -3.36. The SMILES string of the molecule is O=S(=O)(Cc1ccccc1)N1CCN(C2=Nc3ccccc3Oc3ccccc32)CC1. The van der Waals surface area contributed by atoms with Gasteiger partial charge in [0.2, 0.25) is 10.0 Å². The van der Waals surface area contributed by atoms with Crippen LogP contribution in [0, 0.1) is 0 Å². The van der Waals surface area contributed by atoms with Crippen LogP contribution in [0.25, 0.3) is 0 Å². The van der Waals surface area contributed by atoms with E-state index in [1.165, 1.54) is 0 Å². The number of piperazine rings is 1. The van der Waals surface area contributed by atoms with Crippen molar-refractivity contribution >= 4 is 21.5 Å². The first kappa shape index (κ1) is 19.8. The Balaban J connectivity index is 1.38. The minimum Gasteiger partial charge on any atom is -0.454 e. The van der Waals surface area contributed by atoms with E-state index in [0.717, 1.165) is 28.4 Å². The highest BCUT2D eigenvalue weighted by atomic mass is 32.2. The zero-order valence-corrected chi connectivity index (χ0v) is 17.8. The number of amidine groups is 1. The predicted molar refractivity (Wildman–Crippen MR) is 121 cm³/mol. The van der Waals surface area contributed by atoms with Gasteiger partial charge in [-0.3, -0.25) is 0 Å². The first-order valence-corrected chi connectivity index (χ1v) is 11.9. The first-order chi connectivity index (χ1) is 15.1. The number of nitrogens with zero attached hydrogens (tertiary/aromatic N) is 3. The number of hydrogen-bond donors (Lipinski definition) is 0. The smallest absolute Gasteiger partial charge is 0.218 e. The summed E-state index contributed by atoms with van der Waals surface area (Å²) < 4.78 is 33.5. The average molecular weight is 434 g/mol. The summed E-state index contributed by atoms with van der Waals surface area (Å²) in [5.74, 6) is 2.32. The second-order valence-electron chi connectivity index (χ2n) is 7.63. The van der Waals surface area contributed by atoms with Gasteiger partial charge in [-0.2, -0.15) is 4.31 Å². The first-order valence-electron chi connectivity index (χ1n) is 10.3. The molecule has 2 heterocycles. The second kappa shape index (κ2) is 8.17. The molecule has 6 nitrogen and oxygen atoms in total. The molecular weight excluding hydrogens is 410 g/mol. The summed E-state index contributed by atoms with van der Waals surface area (Å²) in [6.07, 6.45) is 0. The number of rotatable bonds is 3. The summed E-state index contributed by atoms with van der Waals surface area (Å²) in [5, 5.41) is 0. The van der Waals surface area contributed by atoms with Crippen molar-refractivity contribution in [3.63, 3.8) is 0 Å². The molecule has 0 unspecified atom stereocenters. The third-order valence-corrected chi connectivity index (χ3v) is 7.41. The lowest BCUT2D eigenvalue weighted by molar-refractivity contribution is 0.266. The van der Waals surface area contributed by atoms with Crippen LogP contribution in [0.15, 0.2) is 83.9 Å². The minimum absolute atomic E-state index is 0.0266. The molecule has 0 amide bonds. The van der Waals surface area contributed by atoms with E-state index in [4.69, 9.17) is 9.73 Å². The fraction of sp³-hybridized carbons (Fsp3) is 0.208. The molecular formula is C24H23N3O3S. The predicted octanol–water partition coefficient (Wildman–Crippen LogP) is 4.02.